The molecular weight excluding hydrogens is 360 g/mol. The van der Waals surface area contributed by atoms with Gasteiger partial charge in [-0.1, -0.05) is 0 Å². The number of hydrogen-bond donors (Lipinski definition) is 1. The van der Waals surface area contributed by atoms with Crippen molar-refractivity contribution in [1.82, 2.24) is 19.8 Å². The van der Waals surface area contributed by atoms with E-state index in [1.165, 1.54) is 16.9 Å². The van der Waals surface area contributed by atoms with Crippen molar-refractivity contribution in [2.75, 3.05) is 26.2 Å². The quantitative estimate of drug-likeness (QED) is 0.875. The van der Waals surface area contributed by atoms with Gasteiger partial charge < -0.3 is 10.2 Å². The second-order valence-electron chi connectivity index (χ2n) is 6.51. The molecule has 1 aliphatic carbocycles. The first-order valence-electron chi connectivity index (χ1n) is 8.72. The summed E-state index contributed by atoms with van der Waals surface area (Å²) in [6.45, 7) is 3.61. The zero-order chi connectivity index (χ0) is 16.5. The molecule has 3 heterocycles. The van der Waals surface area contributed by atoms with Gasteiger partial charge in [-0.3, -0.25) is 14.2 Å². The summed E-state index contributed by atoms with van der Waals surface area (Å²) in [4.78, 5) is 33.7. The largest absolute Gasteiger partial charge is 0.340 e. The maximum absolute atomic E-state index is 12.8. The lowest BCUT2D eigenvalue weighted by Gasteiger charge is -2.27. The second kappa shape index (κ2) is 7.85. The molecule has 8 heteroatoms. The van der Waals surface area contributed by atoms with Gasteiger partial charge in [0.25, 0.3) is 5.56 Å². The van der Waals surface area contributed by atoms with Crippen LogP contribution < -0.4 is 10.9 Å². The molecular formula is C17H23ClN4O2S. The van der Waals surface area contributed by atoms with Crippen LogP contribution >= 0.6 is 23.7 Å². The predicted molar refractivity (Wildman–Crippen MR) is 102 cm³/mol. The minimum absolute atomic E-state index is 0. The van der Waals surface area contributed by atoms with Gasteiger partial charge in [-0.2, -0.15) is 0 Å². The third-order valence-corrected chi connectivity index (χ3v) is 6.18. The first-order valence-corrected chi connectivity index (χ1v) is 9.54. The van der Waals surface area contributed by atoms with E-state index < -0.39 is 0 Å². The van der Waals surface area contributed by atoms with Gasteiger partial charge in [-0.25, -0.2) is 4.98 Å². The summed E-state index contributed by atoms with van der Waals surface area (Å²) in [6.07, 6.45) is 6.37. The number of fused-ring (bicyclic) bond motifs is 3. The second-order valence-corrected chi connectivity index (χ2v) is 7.60. The van der Waals surface area contributed by atoms with Gasteiger partial charge >= 0.3 is 0 Å². The number of halogens is 1. The number of piperazine rings is 1. The van der Waals surface area contributed by atoms with Crippen LogP contribution in [0.2, 0.25) is 0 Å². The molecule has 1 fully saturated rings. The highest BCUT2D eigenvalue weighted by Gasteiger charge is 2.21. The molecule has 2 aromatic heterocycles. The number of aromatic nitrogens is 2. The van der Waals surface area contributed by atoms with Crippen LogP contribution in [-0.4, -0.2) is 46.5 Å². The molecule has 0 radical (unpaired) electrons. The van der Waals surface area contributed by atoms with Crippen molar-refractivity contribution in [2.24, 2.45) is 0 Å². The van der Waals surface area contributed by atoms with E-state index in [4.69, 9.17) is 0 Å². The van der Waals surface area contributed by atoms with Gasteiger partial charge in [0.05, 0.1) is 11.7 Å². The topological polar surface area (TPSA) is 67.2 Å². The monoisotopic (exact) mass is 382 g/mol. The minimum Gasteiger partial charge on any atom is -0.340 e. The molecule has 1 aliphatic heterocycles. The number of nitrogens with zero attached hydrogens (tertiary/aromatic N) is 3. The van der Waals surface area contributed by atoms with E-state index in [1.807, 2.05) is 4.90 Å². The summed E-state index contributed by atoms with van der Waals surface area (Å²) in [5.41, 5.74) is 1.23. The summed E-state index contributed by atoms with van der Waals surface area (Å²) in [6, 6.07) is 0. The molecule has 1 amide bonds. The van der Waals surface area contributed by atoms with Crippen molar-refractivity contribution in [3.05, 3.63) is 27.1 Å². The Hall–Kier alpha value is -1.44. The predicted octanol–water partition coefficient (Wildman–Crippen LogP) is 1.58. The Balaban J connectivity index is 0.00000182. The highest BCUT2D eigenvalue weighted by Crippen LogP contribution is 2.33. The number of amides is 1. The van der Waals surface area contributed by atoms with Gasteiger partial charge in [-0.05, 0) is 31.2 Å². The van der Waals surface area contributed by atoms with Crippen LogP contribution in [0.1, 0.15) is 29.7 Å². The fourth-order valence-electron chi connectivity index (χ4n) is 3.63. The van der Waals surface area contributed by atoms with Crippen LogP contribution in [0.4, 0.5) is 0 Å². The van der Waals surface area contributed by atoms with Crippen LogP contribution in [0.3, 0.4) is 0 Å². The van der Waals surface area contributed by atoms with Crippen LogP contribution in [0.5, 0.6) is 0 Å². The van der Waals surface area contributed by atoms with Gasteiger partial charge in [-0.15, -0.1) is 23.7 Å². The van der Waals surface area contributed by atoms with Gasteiger partial charge in [0.1, 0.15) is 4.83 Å². The Kier molecular flexibility index (Phi) is 5.76. The normalized spacial score (nSPS) is 17.2. The Morgan fingerprint density at radius 3 is 2.80 bits per heavy atom. The number of carbonyl (C=O) groups excluding carboxylic acids is 1. The molecule has 1 saturated heterocycles. The average Bonchev–Trinajstić information content (AvgIpc) is 3.01. The van der Waals surface area contributed by atoms with E-state index >= 15 is 0 Å². The molecule has 25 heavy (non-hydrogen) atoms. The van der Waals surface area contributed by atoms with Crippen LogP contribution in [0, 0.1) is 0 Å². The molecule has 2 aromatic rings. The van der Waals surface area contributed by atoms with Crippen molar-refractivity contribution < 1.29 is 4.79 Å². The smallest absolute Gasteiger partial charge is 0.262 e. The molecule has 0 bridgehead atoms. The number of carbonyl (C=O) groups is 1. The van der Waals surface area contributed by atoms with E-state index in [-0.39, 0.29) is 23.9 Å². The number of hydrogen-bond acceptors (Lipinski definition) is 5. The maximum Gasteiger partial charge on any atom is 0.262 e. The highest BCUT2D eigenvalue weighted by molar-refractivity contribution is 7.18. The highest BCUT2D eigenvalue weighted by atomic mass is 35.5. The molecule has 4 rings (SSSR count). The van der Waals surface area contributed by atoms with Crippen molar-refractivity contribution in [1.29, 1.82) is 0 Å². The lowest BCUT2D eigenvalue weighted by atomic mass is 9.97. The van der Waals surface area contributed by atoms with Crippen molar-refractivity contribution in [3.8, 4) is 0 Å². The zero-order valence-corrected chi connectivity index (χ0v) is 15.8. The molecule has 0 saturated carbocycles. The first-order chi connectivity index (χ1) is 11.7. The third kappa shape index (κ3) is 3.59. The third-order valence-electron chi connectivity index (χ3n) is 4.98. The molecule has 0 spiro atoms. The van der Waals surface area contributed by atoms with Crippen molar-refractivity contribution >= 4 is 39.9 Å². The van der Waals surface area contributed by atoms with Gasteiger partial charge in [0.15, 0.2) is 0 Å². The van der Waals surface area contributed by atoms with Gasteiger partial charge in [0.2, 0.25) is 5.91 Å². The zero-order valence-electron chi connectivity index (χ0n) is 14.1. The summed E-state index contributed by atoms with van der Waals surface area (Å²) >= 11 is 1.66. The maximum atomic E-state index is 12.8. The fourth-order valence-corrected chi connectivity index (χ4v) is 4.85. The summed E-state index contributed by atoms with van der Waals surface area (Å²) in [7, 11) is 0. The van der Waals surface area contributed by atoms with E-state index in [0.717, 1.165) is 55.7 Å². The molecule has 0 aromatic carbocycles. The Morgan fingerprint density at radius 2 is 2.00 bits per heavy atom. The van der Waals surface area contributed by atoms with Crippen LogP contribution in [0.15, 0.2) is 11.1 Å². The Morgan fingerprint density at radius 1 is 1.24 bits per heavy atom. The summed E-state index contributed by atoms with van der Waals surface area (Å²) in [5, 5.41) is 4.04. The first kappa shape index (κ1) is 18.4. The minimum atomic E-state index is 0. The number of aryl methyl sites for hydroxylation is 3. The number of thiophene rings is 1. The Bertz CT molecular complexity index is 826. The molecule has 136 valence electrons. The average molecular weight is 383 g/mol. The molecule has 0 atom stereocenters. The Labute approximate surface area is 156 Å². The van der Waals surface area contributed by atoms with E-state index in [0.29, 0.717) is 13.0 Å². The lowest BCUT2D eigenvalue weighted by Crippen LogP contribution is -2.46. The number of rotatable bonds is 3. The molecule has 0 unspecified atom stereocenters. The summed E-state index contributed by atoms with van der Waals surface area (Å²) in [5.74, 6) is 0.121. The van der Waals surface area contributed by atoms with Crippen LogP contribution in [0.25, 0.3) is 10.2 Å². The van der Waals surface area contributed by atoms with E-state index in [2.05, 4.69) is 10.3 Å². The standard InChI is InChI=1S/C17H22N4O2S.ClH/c22-14(20-9-6-18-7-10-20)5-8-21-11-19-16-15(17(21)23)12-3-1-2-4-13(12)24-16;/h11,18H,1-10H2;1H. The van der Waals surface area contributed by atoms with Crippen molar-refractivity contribution in [3.63, 3.8) is 0 Å². The van der Waals surface area contributed by atoms with E-state index in [9.17, 15) is 9.59 Å². The summed E-state index contributed by atoms with van der Waals surface area (Å²) < 4.78 is 1.62. The lowest BCUT2D eigenvalue weighted by molar-refractivity contribution is -0.132. The van der Waals surface area contributed by atoms with Gasteiger partial charge in [0, 0.05) is 44.0 Å². The molecule has 2 aliphatic rings. The molecule has 6 nitrogen and oxygen atoms in total. The van der Waals surface area contributed by atoms with Crippen molar-refractivity contribution in [2.45, 2.75) is 38.6 Å². The van der Waals surface area contributed by atoms with Crippen LogP contribution in [-0.2, 0) is 24.2 Å². The fraction of sp³-hybridized carbons (Fsp3) is 0.588. The van der Waals surface area contributed by atoms with E-state index in [1.54, 1.807) is 22.2 Å². The molecule has 1 N–H and O–H groups in total. The SMILES string of the molecule is Cl.O=C(CCn1cnc2sc3c(c2c1=O)CCCC3)N1CCNCC1. The number of nitrogens with one attached hydrogen (secondary N) is 1.